The van der Waals surface area contributed by atoms with Crippen LogP contribution in [0.2, 0.25) is 0 Å². The number of ether oxygens (including phenoxy) is 1. The number of rotatable bonds is 3. The van der Waals surface area contributed by atoms with Gasteiger partial charge in [-0.25, -0.2) is 13.2 Å². The van der Waals surface area contributed by atoms with Gasteiger partial charge in [0.25, 0.3) is 10.0 Å². The Bertz CT molecular complexity index is 949. The van der Waals surface area contributed by atoms with Gasteiger partial charge >= 0.3 is 5.97 Å². The van der Waals surface area contributed by atoms with Crippen LogP contribution in [0, 0.1) is 11.3 Å². The van der Waals surface area contributed by atoms with Crippen LogP contribution < -0.4 is 9.04 Å². The Morgan fingerprint density at radius 2 is 2.00 bits per heavy atom. The molecule has 2 aromatic rings. The van der Waals surface area contributed by atoms with Crippen LogP contribution in [-0.4, -0.2) is 32.1 Å². The second kappa shape index (κ2) is 5.86. The number of carboxylic acid groups (broad SMARTS) is 1. The molecule has 0 radical (unpaired) electrons. The van der Waals surface area contributed by atoms with Gasteiger partial charge in [0.2, 0.25) is 6.10 Å². The van der Waals surface area contributed by atoms with Gasteiger partial charge in [0.1, 0.15) is 5.75 Å². The Hall–Kier alpha value is -3.05. The highest BCUT2D eigenvalue weighted by Crippen LogP contribution is 2.36. The van der Waals surface area contributed by atoms with E-state index in [0.29, 0.717) is 0 Å². The van der Waals surface area contributed by atoms with Gasteiger partial charge in [-0.1, -0.05) is 18.2 Å². The number of aliphatic carboxylic acids is 1. The predicted molar refractivity (Wildman–Crippen MR) is 84.2 cm³/mol. The molecule has 0 spiro atoms. The molecule has 0 aromatic heterocycles. The van der Waals surface area contributed by atoms with E-state index < -0.39 is 22.1 Å². The largest absolute Gasteiger partial charge is 0.478 e. The molecule has 1 atom stereocenters. The number of para-hydroxylation sites is 2. The van der Waals surface area contributed by atoms with Crippen molar-refractivity contribution in [3.63, 3.8) is 0 Å². The van der Waals surface area contributed by atoms with Gasteiger partial charge in [0, 0.05) is 0 Å². The summed E-state index contributed by atoms with van der Waals surface area (Å²) in [6.45, 7) is -0.356. The van der Waals surface area contributed by atoms with Crippen molar-refractivity contribution >= 4 is 21.7 Å². The second-order valence-electron chi connectivity index (χ2n) is 5.09. The molecule has 1 unspecified atom stereocenters. The molecule has 2 aromatic carbocycles. The lowest BCUT2D eigenvalue weighted by Crippen LogP contribution is -2.47. The highest BCUT2D eigenvalue weighted by molar-refractivity contribution is 7.92. The summed E-state index contributed by atoms with van der Waals surface area (Å²) in [6, 6.07) is 13.8. The lowest BCUT2D eigenvalue weighted by molar-refractivity contribution is -0.144. The van der Waals surface area contributed by atoms with E-state index in [1.165, 1.54) is 30.3 Å². The average Bonchev–Trinajstić information content (AvgIpc) is 2.60. The lowest BCUT2D eigenvalue weighted by atomic mass is 10.2. The topological polar surface area (TPSA) is 108 Å². The fraction of sp³-hybridized carbons (Fsp3) is 0.125. The average molecular weight is 344 g/mol. The van der Waals surface area contributed by atoms with Gasteiger partial charge in [-0.3, -0.25) is 4.31 Å². The first kappa shape index (κ1) is 15.8. The van der Waals surface area contributed by atoms with E-state index in [2.05, 4.69) is 0 Å². The van der Waals surface area contributed by atoms with Crippen molar-refractivity contribution in [1.82, 2.24) is 0 Å². The molecule has 0 fully saturated rings. The normalized spacial score (nSPS) is 16.6. The Labute approximate surface area is 138 Å². The molecular weight excluding hydrogens is 332 g/mol. The summed E-state index contributed by atoms with van der Waals surface area (Å²) < 4.78 is 32.3. The Morgan fingerprint density at radius 1 is 1.25 bits per heavy atom. The predicted octanol–water partition coefficient (Wildman–Crippen LogP) is 1.60. The van der Waals surface area contributed by atoms with Crippen LogP contribution in [-0.2, 0) is 14.8 Å². The van der Waals surface area contributed by atoms with Gasteiger partial charge in [-0.15, -0.1) is 0 Å². The quantitative estimate of drug-likeness (QED) is 0.906. The molecular formula is C16H12N2O5S. The third-order valence-electron chi connectivity index (χ3n) is 3.56. The van der Waals surface area contributed by atoms with Crippen LogP contribution in [0.3, 0.4) is 0 Å². The van der Waals surface area contributed by atoms with Gasteiger partial charge in [-0.2, -0.15) is 5.26 Å². The first-order valence-electron chi connectivity index (χ1n) is 6.95. The number of anilines is 1. The minimum absolute atomic E-state index is 0.0811. The first-order valence-corrected chi connectivity index (χ1v) is 8.39. The van der Waals surface area contributed by atoms with E-state index >= 15 is 0 Å². The number of carboxylic acids is 1. The number of hydrogen-bond donors (Lipinski definition) is 1. The van der Waals surface area contributed by atoms with Gasteiger partial charge in [0.15, 0.2) is 0 Å². The maximum Gasteiger partial charge on any atom is 0.346 e. The lowest BCUT2D eigenvalue weighted by Gasteiger charge is -2.33. The first-order chi connectivity index (χ1) is 11.4. The molecule has 1 aliphatic heterocycles. The summed E-state index contributed by atoms with van der Waals surface area (Å²) in [6.07, 6.45) is -1.31. The maximum absolute atomic E-state index is 13.0. The maximum atomic E-state index is 13.0. The van der Waals surface area contributed by atoms with Crippen LogP contribution >= 0.6 is 0 Å². The molecule has 0 saturated heterocycles. The number of sulfonamides is 1. The molecule has 8 heteroatoms. The number of benzene rings is 2. The molecule has 1 N–H and O–H groups in total. The molecule has 0 aliphatic carbocycles. The molecule has 7 nitrogen and oxygen atoms in total. The van der Waals surface area contributed by atoms with Crippen molar-refractivity contribution < 1.29 is 23.1 Å². The summed E-state index contributed by atoms with van der Waals surface area (Å²) in [5.74, 6) is -1.08. The van der Waals surface area contributed by atoms with Gasteiger partial charge in [0.05, 0.1) is 28.8 Å². The minimum Gasteiger partial charge on any atom is -0.478 e. The van der Waals surface area contributed by atoms with Crippen LogP contribution in [0.4, 0.5) is 5.69 Å². The molecule has 24 heavy (non-hydrogen) atoms. The number of hydrogen-bond acceptors (Lipinski definition) is 5. The molecule has 1 heterocycles. The van der Waals surface area contributed by atoms with Crippen LogP contribution in [0.5, 0.6) is 5.75 Å². The number of carbonyl (C=O) groups is 1. The molecule has 0 saturated carbocycles. The van der Waals surface area contributed by atoms with Crippen LogP contribution in [0.25, 0.3) is 0 Å². The van der Waals surface area contributed by atoms with E-state index in [1.54, 1.807) is 18.2 Å². The summed E-state index contributed by atoms with van der Waals surface area (Å²) in [5.41, 5.74) is 0.463. The Balaban J connectivity index is 2.12. The van der Waals surface area contributed by atoms with E-state index in [-0.39, 0.29) is 28.4 Å². The van der Waals surface area contributed by atoms with Crippen molar-refractivity contribution in [2.45, 2.75) is 11.0 Å². The van der Waals surface area contributed by atoms with Crippen LogP contribution in [0.15, 0.2) is 53.4 Å². The van der Waals surface area contributed by atoms with Crippen LogP contribution in [0.1, 0.15) is 5.56 Å². The summed E-state index contributed by atoms with van der Waals surface area (Å²) in [5, 5.41) is 18.2. The molecule has 1 aliphatic rings. The summed E-state index contributed by atoms with van der Waals surface area (Å²) in [7, 11) is -4.04. The van der Waals surface area contributed by atoms with E-state index in [0.717, 1.165) is 4.31 Å². The number of fused-ring (bicyclic) bond motifs is 1. The van der Waals surface area contributed by atoms with Crippen molar-refractivity contribution in [2.75, 3.05) is 10.8 Å². The summed E-state index contributed by atoms with van der Waals surface area (Å²) >= 11 is 0. The zero-order valence-electron chi connectivity index (χ0n) is 12.3. The SMILES string of the molecule is N#Cc1cccc(S(=O)(=O)N2CC(C(=O)O)Oc3ccccc32)c1. The molecule has 0 amide bonds. The smallest absolute Gasteiger partial charge is 0.346 e. The van der Waals surface area contributed by atoms with Crippen molar-refractivity contribution in [3.8, 4) is 11.8 Å². The van der Waals surface area contributed by atoms with Crippen molar-refractivity contribution in [2.24, 2.45) is 0 Å². The zero-order valence-corrected chi connectivity index (χ0v) is 13.1. The third-order valence-corrected chi connectivity index (χ3v) is 5.34. The van der Waals surface area contributed by atoms with Crippen molar-refractivity contribution in [1.29, 1.82) is 5.26 Å². The zero-order chi connectivity index (χ0) is 17.3. The third kappa shape index (κ3) is 2.66. The highest BCUT2D eigenvalue weighted by Gasteiger charge is 2.37. The fourth-order valence-electron chi connectivity index (χ4n) is 2.41. The van der Waals surface area contributed by atoms with E-state index in [4.69, 9.17) is 10.00 Å². The Kier molecular flexibility index (Phi) is 3.87. The second-order valence-corrected chi connectivity index (χ2v) is 6.95. The standard InChI is InChI=1S/C16H12N2O5S/c17-9-11-4-3-5-12(8-11)24(21,22)18-10-15(16(19)20)23-14-7-2-1-6-13(14)18/h1-8,15H,10H2,(H,19,20). The molecule has 0 bridgehead atoms. The minimum atomic E-state index is -4.04. The van der Waals surface area contributed by atoms with Gasteiger partial charge < -0.3 is 9.84 Å². The highest BCUT2D eigenvalue weighted by atomic mass is 32.2. The summed E-state index contributed by atoms with van der Waals surface area (Å²) in [4.78, 5) is 11.2. The number of nitriles is 1. The molecule has 3 rings (SSSR count). The van der Waals surface area contributed by atoms with E-state index in [1.807, 2.05) is 6.07 Å². The van der Waals surface area contributed by atoms with E-state index in [9.17, 15) is 18.3 Å². The number of nitrogens with zero attached hydrogens (tertiary/aromatic N) is 2. The fourth-order valence-corrected chi connectivity index (χ4v) is 3.93. The van der Waals surface area contributed by atoms with Crippen molar-refractivity contribution in [3.05, 3.63) is 54.1 Å². The molecule has 122 valence electrons. The van der Waals surface area contributed by atoms with Gasteiger partial charge in [-0.05, 0) is 30.3 Å². The monoisotopic (exact) mass is 344 g/mol. The Morgan fingerprint density at radius 3 is 2.71 bits per heavy atom.